The Kier molecular flexibility index (Phi) is 14.7. The molecule has 0 unspecified atom stereocenters. The van der Waals surface area contributed by atoms with Crippen LogP contribution in [0.25, 0.3) is 0 Å². The largest absolute Gasteiger partial charge is 0.482 e. The Bertz CT molecular complexity index is 1870. The van der Waals surface area contributed by atoms with E-state index in [1.54, 1.807) is 26.0 Å². The number of hydrogen-bond donors (Lipinski definition) is 1. The zero-order valence-corrected chi connectivity index (χ0v) is 33.8. The summed E-state index contributed by atoms with van der Waals surface area (Å²) in [6.45, 7) is 7.82. The highest BCUT2D eigenvalue weighted by atomic mass is 16.7. The average Bonchev–Trinajstić information content (AvgIpc) is 3.49. The maximum Gasteiger partial charge on any atom is 0.417 e. The van der Waals surface area contributed by atoms with Crippen LogP contribution in [0.4, 0.5) is 4.79 Å². The summed E-state index contributed by atoms with van der Waals surface area (Å²) in [4.78, 5) is 42.4. The molecule has 310 valence electrons. The fraction of sp³-hybridized carbons (Fsp3) is 0.457. The number of cyclic esters (lactones) is 1. The van der Waals surface area contributed by atoms with Gasteiger partial charge in [0.25, 0.3) is 0 Å². The van der Waals surface area contributed by atoms with Gasteiger partial charge in [0.1, 0.15) is 35.8 Å². The lowest BCUT2D eigenvalue weighted by Crippen LogP contribution is -2.61. The molecule has 3 aromatic carbocycles. The minimum Gasteiger partial charge on any atom is -0.482 e. The monoisotopic (exact) mass is 797 g/mol. The molecule has 3 heterocycles. The topological polar surface area (TPSA) is 139 Å². The van der Waals surface area contributed by atoms with E-state index in [0.29, 0.717) is 12.2 Å². The van der Waals surface area contributed by atoms with E-state index in [1.165, 1.54) is 18.1 Å². The van der Waals surface area contributed by atoms with Crippen molar-refractivity contribution in [1.82, 2.24) is 4.90 Å². The standard InChI is InChI=1S/C46H55NO11/c1-30(2)42-46(3,4)58-45(51)47(42)43(50)35(26-31-16-9-6-10-17-31)38-36(49)24-23-34(56-38)22-15-25-53-41-40(55-29-33-20-13-8-14-21-33)39(37(27-48)57-44(41)52-5)54-28-32-18-11-7-12-19-32/h6-14,16-24,30,35,37-42,44,48H,15,25-29H2,1-5H3/t35-,37-,38+,39-,40+,41+,42+,44+/m1/s1. The summed E-state index contributed by atoms with van der Waals surface area (Å²) in [5.41, 5.74) is 1.81. The third kappa shape index (κ3) is 10.3. The van der Waals surface area contributed by atoms with Crippen LogP contribution < -0.4 is 0 Å². The normalized spacial score (nSPS) is 26.8. The van der Waals surface area contributed by atoms with Crippen molar-refractivity contribution in [3.8, 4) is 0 Å². The van der Waals surface area contributed by atoms with Crippen molar-refractivity contribution < 1.29 is 52.6 Å². The van der Waals surface area contributed by atoms with Crippen LogP contribution in [0.3, 0.4) is 0 Å². The van der Waals surface area contributed by atoms with Crippen LogP contribution in [-0.4, -0.2) is 96.6 Å². The molecule has 12 nitrogen and oxygen atoms in total. The molecule has 12 heteroatoms. The van der Waals surface area contributed by atoms with Crippen molar-refractivity contribution in [1.29, 1.82) is 0 Å². The van der Waals surface area contributed by atoms with E-state index in [0.717, 1.165) is 16.7 Å². The number of imide groups is 1. The minimum absolute atomic E-state index is 0.100. The lowest BCUT2D eigenvalue weighted by atomic mass is 9.85. The number of aliphatic hydroxyl groups is 1. The number of benzene rings is 3. The number of aliphatic hydroxyl groups excluding tert-OH is 1. The van der Waals surface area contributed by atoms with Crippen LogP contribution in [0.15, 0.2) is 115 Å². The number of nitrogens with zero attached hydrogens (tertiary/aromatic N) is 1. The average molecular weight is 798 g/mol. The summed E-state index contributed by atoms with van der Waals surface area (Å²) < 4.78 is 43.3. The van der Waals surface area contributed by atoms with Gasteiger partial charge in [-0.2, -0.15) is 0 Å². The fourth-order valence-corrected chi connectivity index (χ4v) is 8.08. The summed E-state index contributed by atoms with van der Waals surface area (Å²) in [6.07, 6.45) is -0.413. The van der Waals surface area contributed by atoms with Crippen LogP contribution in [0.2, 0.25) is 0 Å². The molecule has 0 spiro atoms. The number of rotatable bonds is 17. The molecular formula is C46H55NO11. The van der Waals surface area contributed by atoms with Gasteiger partial charge in [0.2, 0.25) is 5.91 Å². The van der Waals surface area contributed by atoms with Crippen LogP contribution in [0, 0.1) is 11.8 Å². The number of hydrogen-bond acceptors (Lipinski definition) is 11. The first-order valence-corrected chi connectivity index (χ1v) is 19.9. The van der Waals surface area contributed by atoms with Crippen molar-refractivity contribution in [2.45, 2.75) is 102 Å². The number of ketones is 1. The second kappa shape index (κ2) is 19.8. The molecule has 3 aliphatic heterocycles. The smallest absolute Gasteiger partial charge is 0.417 e. The number of amides is 2. The highest BCUT2D eigenvalue weighted by molar-refractivity contribution is 6.02. The summed E-state index contributed by atoms with van der Waals surface area (Å²) in [6, 6.07) is 28.3. The number of methoxy groups -OCH3 is 1. The Labute approximate surface area is 340 Å². The number of carbonyl (C=O) groups excluding carboxylic acids is 3. The summed E-state index contributed by atoms with van der Waals surface area (Å²) >= 11 is 0. The van der Waals surface area contributed by atoms with Gasteiger partial charge < -0.3 is 38.3 Å². The third-order valence-corrected chi connectivity index (χ3v) is 10.7. The van der Waals surface area contributed by atoms with E-state index in [4.69, 9.17) is 33.2 Å². The second-order valence-electron chi connectivity index (χ2n) is 15.7. The molecule has 58 heavy (non-hydrogen) atoms. The highest BCUT2D eigenvalue weighted by Crippen LogP contribution is 2.37. The quantitative estimate of drug-likeness (QED) is 0.153. The lowest BCUT2D eigenvalue weighted by molar-refractivity contribution is -0.319. The maximum atomic E-state index is 14.5. The molecule has 0 radical (unpaired) electrons. The lowest BCUT2D eigenvalue weighted by Gasteiger charge is -2.45. The van der Waals surface area contributed by atoms with E-state index in [2.05, 4.69) is 0 Å². The SMILES string of the molecule is CO[C@H]1O[C@H](CO)[C@@H](OCc2ccccc2)[C@H](OCc2ccccc2)[C@@H]1OCCC=C1C=CC(=O)[C@H]([C@@H](Cc2ccccc2)C(=O)N2C(=O)OC(C)(C)[C@@H]2C(C)C)O1. The molecule has 0 aromatic heterocycles. The van der Waals surface area contributed by atoms with Gasteiger partial charge >= 0.3 is 6.09 Å². The van der Waals surface area contributed by atoms with E-state index >= 15 is 0 Å². The summed E-state index contributed by atoms with van der Waals surface area (Å²) in [7, 11) is 1.51. The number of allylic oxidation sites excluding steroid dienone is 1. The first kappa shape index (κ1) is 42.9. The molecule has 6 rings (SSSR count). The molecule has 0 saturated carbocycles. The predicted molar refractivity (Wildman–Crippen MR) is 214 cm³/mol. The molecule has 0 bridgehead atoms. The van der Waals surface area contributed by atoms with Crippen molar-refractivity contribution in [3.63, 3.8) is 0 Å². The number of ether oxygens (including phenoxy) is 7. The molecule has 1 N–H and O–H groups in total. The zero-order valence-electron chi connectivity index (χ0n) is 33.8. The molecule has 8 atom stereocenters. The number of carbonyl (C=O) groups is 3. The predicted octanol–water partition coefficient (Wildman–Crippen LogP) is 6.35. The molecule has 3 aliphatic rings. The zero-order chi connectivity index (χ0) is 41.2. The van der Waals surface area contributed by atoms with Crippen LogP contribution >= 0.6 is 0 Å². The van der Waals surface area contributed by atoms with Crippen molar-refractivity contribution in [3.05, 3.63) is 132 Å². The molecule has 2 amide bonds. The Hall–Kier alpha value is -4.69. The van der Waals surface area contributed by atoms with E-state index in [1.807, 2.05) is 105 Å². The van der Waals surface area contributed by atoms with Crippen LogP contribution in [-0.2, 0) is 62.4 Å². The minimum atomic E-state index is -1.19. The van der Waals surface area contributed by atoms with Gasteiger partial charge in [0.05, 0.1) is 38.4 Å². The van der Waals surface area contributed by atoms with Crippen molar-refractivity contribution >= 4 is 17.8 Å². The van der Waals surface area contributed by atoms with E-state index < -0.39 is 66.4 Å². The Morgan fingerprint density at radius 1 is 0.828 bits per heavy atom. The van der Waals surface area contributed by atoms with Crippen molar-refractivity contribution in [2.75, 3.05) is 20.3 Å². The molecule has 0 aliphatic carbocycles. The molecular weight excluding hydrogens is 743 g/mol. The molecule has 2 saturated heterocycles. The maximum absolute atomic E-state index is 14.5. The van der Waals surface area contributed by atoms with Gasteiger partial charge in [-0.15, -0.1) is 0 Å². The van der Waals surface area contributed by atoms with Gasteiger partial charge in [-0.3, -0.25) is 9.59 Å². The first-order chi connectivity index (χ1) is 28.0. The third-order valence-electron chi connectivity index (χ3n) is 10.7. The second-order valence-corrected chi connectivity index (χ2v) is 15.7. The highest BCUT2D eigenvalue weighted by Gasteiger charge is 2.54. The van der Waals surface area contributed by atoms with Gasteiger partial charge in [0.15, 0.2) is 18.2 Å². The van der Waals surface area contributed by atoms with Crippen molar-refractivity contribution in [2.24, 2.45) is 11.8 Å². The van der Waals surface area contributed by atoms with E-state index in [9.17, 15) is 19.5 Å². The summed E-state index contributed by atoms with van der Waals surface area (Å²) in [5, 5.41) is 10.4. The van der Waals surface area contributed by atoms with Gasteiger partial charge in [-0.25, -0.2) is 9.69 Å². The molecule has 3 aromatic rings. The fourth-order valence-electron chi connectivity index (χ4n) is 8.08. The van der Waals surface area contributed by atoms with E-state index in [-0.39, 0.29) is 44.5 Å². The Balaban J connectivity index is 1.19. The Morgan fingerprint density at radius 3 is 1.98 bits per heavy atom. The van der Waals surface area contributed by atoms with Gasteiger partial charge in [-0.05, 0) is 67.5 Å². The molecule has 2 fully saturated rings. The summed E-state index contributed by atoms with van der Waals surface area (Å²) in [5.74, 6) is -1.63. The first-order valence-electron chi connectivity index (χ1n) is 19.9. The van der Waals surface area contributed by atoms with Crippen LogP contribution in [0.5, 0.6) is 0 Å². The van der Waals surface area contributed by atoms with Crippen LogP contribution in [0.1, 0.15) is 50.8 Å². The van der Waals surface area contributed by atoms with Gasteiger partial charge in [0, 0.05) is 7.11 Å². The Morgan fingerprint density at radius 2 is 1.41 bits per heavy atom. The van der Waals surface area contributed by atoms with Gasteiger partial charge in [-0.1, -0.05) is 105 Å².